The number of halogens is 2. The van der Waals surface area contributed by atoms with Gasteiger partial charge in [0.05, 0.1) is 17.2 Å². The molecule has 0 radical (unpaired) electrons. The normalized spacial score (nSPS) is 10.8. The Kier molecular flexibility index (Phi) is 3.62. The van der Waals surface area contributed by atoms with E-state index >= 15 is 0 Å². The molecular formula is C16H10Cl2O3. The van der Waals surface area contributed by atoms with Crippen LogP contribution in [0.4, 0.5) is 4.79 Å². The SMILES string of the molecule is COC(=O)Oc1c2ccccc2cc2ccc(Cl)c(Cl)c12. The third kappa shape index (κ3) is 2.39. The molecule has 106 valence electrons. The van der Waals surface area contributed by atoms with Crippen molar-refractivity contribution in [1.82, 2.24) is 0 Å². The fraction of sp³-hybridized carbons (Fsp3) is 0.0625. The van der Waals surface area contributed by atoms with E-state index in [1.54, 1.807) is 6.07 Å². The molecule has 0 N–H and O–H groups in total. The molecule has 3 aromatic carbocycles. The minimum Gasteiger partial charge on any atom is -0.437 e. The van der Waals surface area contributed by atoms with Crippen LogP contribution in [0.1, 0.15) is 0 Å². The number of carbonyl (C=O) groups excluding carboxylic acids is 1. The second-order valence-electron chi connectivity index (χ2n) is 4.44. The number of hydrogen-bond acceptors (Lipinski definition) is 3. The highest BCUT2D eigenvalue weighted by Gasteiger charge is 2.17. The van der Waals surface area contributed by atoms with Crippen molar-refractivity contribution >= 4 is 50.9 Å². The van der Waals surface area contributed by atoms with Crippen LogP contribution in [0.15, 0.2) is 42.5 Å². The van der Waals surface area contributed by atoms with Gasteiger partial charge < -0.3 is 9.47 Å². The average molecular weight is 321 g/mol. The summed E-state index contributed by atoms with van der Waals surface area (Å²) >= 11 is 12.4. The highest BCUT2D eigenvalue weighted by atomic mass is 35.5. The van der Waals surface area contributed by atoms with Gasteiger partial charge in [-0.2, -0.15) is 0 Å². The fourth-order valence-corrected chi connectivity index (χ4v) is 2.69. The number of ether oxygens (including phenoxy) is 2. The number of methoxy groups -OCH3 is 1. The van der Waals surface area contributed by atoms with E-state index in [1.807, 2.05) is 36.4 Å². The van der Waals surface area contributed by atoms with Gasteiger partial charge in [-0.25, -0.2) is 4.79 Å². The zero-order valence-electron chi connectivity index (χ0n) is 11.0. The monoisotopic (exact) mass is 320 g/mol. The Labute approximate surface area is 131 Å². The van der Waals surface area contributed by atoms with Gasteiger partial charge in [0, 0.05) is 10.8 Å². The Morgan fingerprint density at radius 3 is 2.57 bits per heavy atom. The molecule has 3 aromatic rings. The number of benzene rings is 3. The molecule has 0 saturated carbocycles. The predicted molar refractivity (Wildman–Crippen MR) is 84.5 cm³/mol. The first-order chi connectivity index (χ1) is 10.1. The Hall–Kier alpha value is -1.97. The van der Waals surface area contributed by atoms with Gasteiger partial charge >= 0.3 is 6.16 Å². The zero-order chi connectivity index (χ0) is 15.0. The van der Waals surface area contributed by atoms with Gasteiger partial charge in [0.25, 0.3) is 0 Å². The lowest BCUT2D eigenvalue weighted by Gasteiger charge is -2.12. The van der Waals surface area contributed by atoms with Crippen LogP contribution in [0.2, 0.25) is 10.0 Å². The summed E-state index contributed by atoms with van der Waals surface area (Å²) < 4.78 is 9.91. The van der Waals surface area contributed by atoms with Gasteiger partial charge in [0.15, 0.2) is 5.75 Å². The van der Waals surface area contributed by atoms with Crippen LogP contribution in [-0.4, -0.2) is 13.3 Å². The topological polar surface area (TPSA) is 35.5 Å². The molecule has 3 rings (SSSR count). The molecule has 3 nitrogen and oxygen atoms in total. The van der Waals surface area contributed by atoms with E-state index < -0.39 is 6.16 Å². The molecule has 0 atom stereocenters. The smallest absolute Gasteiger partial charge is 0.437 e. The molecule has 0 saturated heterocycles. The van der Waals surface area contributed by atoms with E-state index in [1.165, 1.54) is 7.11 Å². The molecule has 0 fully saturated rings. The van der Waals surface area contributed by atoms with E-state index in [-0.39, 0.29) is 0 Å². The third-order valence-electron chi connectivity index (χ3n) is 3.22. The molecule has 0 aliphatic rings. The van der Waals surface area contributed by atoms with Crippen molar-refractivity contribution in [1.29, 1.82) is 0 Å². The second-order valence-corrected chi connectivity index (χ2v) is 5.23. The highest BCUT2D eigenvalue weighted by Crippen LogP contribution is 2.41. The first-order valence-electron chi connectivity index (χ1n) is 6.17. The summed E-state index contributed by atoms with van der Waals surface area (Å²) in [5.41, 5.74) is 0. The lowest BCUT2D eigenvalue weighted by molar-refractivity contribution is 0.122. The molecule has 0 heterocycles. The summed E-state index contributed by atoms with van der Waals surface area (Å²) in [7, 11) is 1.25. The quantitative estimate of drug-likeness (QED) is 0.340. The van der Waals surface area contributed by atoms with Crippen LogP contribution in [0.25, 0.3) is 21.5 Å². The summed E-state index contributed by atoms with van der Waals surface area (Å²) in [5, 5.41) is 3.87. The van der Waals surface area contributed by atoms with Crippen molar-refractivity contribution in [3.8, 4) is 5.75 Å². The average Bonchev–Trinajstić information content (AvgIpc) is 2.50. The van der Waals surface area contributed by atoms with Crippen LogP contribution in [0.3, 0.4) is 0 Å². The van der Waals surface area contributed by atoms with Crippen molar-refractivity contribution in [3.63, 3.8) is 0 Å². The summed E-state index contributed by atoms with van der Waals surface area (Å²) in [6.45, 7) is 0. The van der Waals surface area contributed by atoms with Crippen LogP contribution in [0.5, 0.6) is 5.75 Å². The number of carbonyl (C=O) groups is 1. The van der Waals surface area contributed by atoms with Crippen molar-refractivity contribution in [2.75, 3.05) is 7.11 Å². The maximum Gasteiger partial charge on any atom is 0.513 e. The molecule has 0 unspecified atom stereocenters. The molecule has 0 aliphatic heterocycles. The van der Waals surface area contributed by atoms with Gasteiger partial charge in [-0.05, 0) is 22.9 Å². The van der Waals surface area contributed by atoms with Crippen molar-refractivity contribution in [3.05, 3.63) is 52.5 Å². The lowest BCUT2D eigenvalue weighted by atomic mass is 10.0. The van der Waals surface area contributed by atoms with Crippen LogP contribution < -0.4 is 4.74 Å². The van der Waals surface area contributed by atoms with E-state index in [9.17, 15) is 4.79 Å². The Balaban J connectivity index is 2.44. The van der Waals surface area contributed by atoms with Crippen molar-refractivity contribution in [2.24, 2.45) is 0 Å². The van der Waals surface area contributed by atoms with Crippen molar-refractivity contribution < 1.29 is 14.3 Å². The van der Waals surface area contributed by atoms with E-state index in [0.717, 1.165) is 16.2 Å². The predicted octanol–water partition coefficient (Wildman–Crippen LogP) is 5.45. The molecular weight excluding hydrogens is 311 g/mol. The minimum atomic E-state index is -0.802. The van der Waals surface area contributed by atoms with Crippen LogP contribution in [0, 0.1) is 0 Å². The standard InChI is InChI=1S/C16H10Cl2O3/c1-20-16(19)21-15-11-5-3-2-4-9(11)8-10-6-7-12(17)14(18)13(10)15/h2-8H,1H3. The lowest BCUT2D eigenvalue weighted by Crippen LogP contribution is -2.08. The second kappa shape index (κ2) is 5.43. The largest absolute Gasteiger partial charge is 0.513 e. The molecule has 0 spiro atoms. The summed E-state index contributed by atoms with van der Waals surface area (Å²) in [5.74, 6) is 0.349. The number of fused-ring (bicyclic) bond motifs is 2. The summed E-state index contributed by atoms with van der Waals surface area (Å²) in [4.78, 5) is 11.5. The highest BCUT2D eigenvalue weighted by molar-refractivity contribution is 6.46. The van der Waals surface area contributed by atoms with E-state index in [0.29, 0.717) is 21.2 Å². The summed E-state index contributed by atoms with van der Waals surface area (Å²) in [6, 6.07) is 13.1. The van der Waals surface area contributed by atoms with Gasteiger partial charge in [0.1, 0.15) is 0 Å². The van der Waals surface area contributed by atoms with E-state index in [2.05, 4.69) is 4.74 Å². The third-order valence-corrected chi connectivity index (χ3v) is 4.03. The molecule has 0 bridgehead atoms. The number of hydrogen-bond donors (Lipinski definition) is 0. The van der Waals surface area contributed by atoms with Gasteiger partial charge in [-0.3, -0.25) is 0 Å². The maximum atomic E-state index is 11.5. The Morgan fingerprint density at radius 2 is 1.81 bits per heavy atom. The van der Waals surface area contributed by atoms with Crippen molar-refractivity contribution in [2.45, 2.75) is 0 Å². The Bertz CT molecular complexity index is 859. The maximum absolute atomic E-state index is 11.5. The molecule has 5 heteroatoms. The molecule has 0 aliphatic carbocycles. The molecule has 0 aromatic heterocycles. The first kappa shape index (κ1) is 14.0. The fourth-order valence-electron chi connectivity index (χ4n) is 2.28. The van der Waals surface area contributed by atoms with Gasteiger partial charge in [-0.1, -0.05) is 53.5 Å². The summed E-state index contributed by atoms with van der Waals surface area (Å²) in [6.07, 6.45) is -0.802. The van der Waals surface area contributed by atoms with E-state index in [4.69, 9.17) is 27.9 Å². The van der Waals surface area contributed by atoms with Gasteiger partial charge in [-0.15, -0.1) is 0 Å². The minimum absolute atomic E-state index is 0.346. The van der Waals surface area contributed by atoms with Crippen LogP contribution >= 0.6 is 23.2 Å². The van der Waals surface area contributed by atoms with Gasteiger partial charge in [0.2, 0.25) is 0 Å². The molecule has 21 heavy (non-hydrogen) atoms. The first-order valence-corrected chi connectivity index (χ1v) is 6.92. The number of rotatable bonds is 1. The molecule has 0 amide bonds. The zero-order valence-corrected chi connectivity index (χ0v) is 12.5. The van der Waals surface area contributed by atoms with Crippen LogP contribution in [-0.2, 0) is 4.74 Å². The Morgan fingerprint density at radius 1 is 1.05 bits per heavy atom.